The second kappa shape index (κ2) is 12.9. The maximum atomic E-state index is 5.23. The highest BCUT2D eigenvalue weighted by molar-refractivity contribution is 6.10. The van der Waals surface area contributed by atoms with E-state index < -0.39 is 0 Å². The molecule has 0 saturated carbocycles. The molecule has 280 valence electrons. The molecule has 3 heterocycles. The molecular formula is C55H40N4. The molecule has 2 atom stereocenters. The Bertz CT molecular complexity index is 3150. The van der Waals surface area contributed by atoms with Crippen LogP contribution < -0.4 is 4.90 Å². The first-order valence-electron chi connectivity index (χ1n) is 20.6. The third-order valence-electron chi connectivity index (χ3n) is 13.0. The molecule has 0 spiro atoms. The quantitative estimate of drug-likeness (QED) is 0.175. The van der Waals surface area contributed by atoms with Gasteiger partial charge in [0.25, 0.3) is 0 Å². The summed E-state index contributed by atoms with van der Waals surface area (Å²) in [4.78, 5) is 13.0. The Morgan fingerprint density at radius 3 is 1.93 bits per heavy atom. The lowest BCUT2D eigenvalue weighted by molar-refractivity contribution is 0.659. The van der Waals surface area contributed by atoms with Crippen LogP contribution in [0.2, 0.25) is 0 Å². The van der Waals surface area contributed by atoms with E-state index in [2.05, 4.69) is 205 Å². The first-order valence-corrected chi connectivity index (χ1v) is 20.6. The van der Waals surface area contributed by atoms with Crippen molar-refractivity contribution in [2.24, 2.45) is 0 Å². The summed E-state index contributed by atoms with van der Waals surface area (Å²) in [5.41, 5.74) is 17.8. The molecule has 7 aromatic carbocycles. The average molecular weight is 757 g/mol. The van der Waals surface area contributed by atoms with Crippen molar-refractivity contribution in [3.63, 3.8) is 0 Å². The molecule has 2 unspecified atom stereocenters. The molecule has 9 aromatic rings. The minimum Gasteiger partial charge on any atom is -0.333 e. The summed E-state index contributed by atoms with van der Waals surface area (Å²) in [7, 11) is 0. The maximum absolute atomic E-state index is 5.23. The lowest BCUT2D eigenvalue weighted by Gasteiger charge is -2.30. The number of hydrogen-bond acceptors (Lipinski definition) is 3. The summed E-state index contributed by atoms with van der Waals surface area (Å²) in [6.07, 6.45) is 9.17. The number of aromatic nitrogens is 3. The van der Waals surface area contributed by atoms with Crippen LogP contribution in [0.4, 0.5) is 11.4 Å². The van der Waals surface area contributed by atoms with Crippen LogP contribution in [-0.2, 0) is 5.41 Å². The Kier molecular flexibility index (Phi) is 7.37. The lowest BCUT2D eigenvalue weighted by atomic mass is 9.82. The Morgan fingerprint density at radius 1 is 0.492 bits per heavy atom. The largest absolute Gasteiger partial charge is 0.333 e. The van der Waals surface area contributed by atoms with Crippen LogP contribution in [0.1, 0.15) is 36.5 Å². The van der Waals surface area contributed by atoms with Crippen molar-refractivity contribution in [2.45, 2.75) is 31.2 Å². The van der Waals surface area contributed by atoms with E-state index >= 15 is 0 Å². The van der Waals surface area contributed by atoms with E-state index in [1.807, 2.05) is 12.1 Å². The van der Waals surface area contributed by atoms with Crippen LogP contribution in [0.5, 0.6) is 0 Å². The molecule has 0 bridgehead atoms. The molecule has 4 heteroatoms. The summed E-state index contributed by atoms with van der Waals surface area (Å²) < 4.78 is 2.23. The molecule has 12 rings (SSSR count). The fourth-order valence-corrected chi connectivity index (χ4v) is 10.1. The smallest absolute Gasteiger partial charge is 0.235 e. The highest BCUT2D eigenvalue weighted by Gasteiger charge is 2.40. The first-order chi connectivity index (χ1) is 29.0. The van der Waals surface area contributed by atoms with Gasteiger partial charge in [-0.2, -0.15) is 0 Å². The predicted molar refractivity (Wildman–Crippen MR) is 244 cm³/mol. The Balaban J connectivity index is 0.976. The van der Waals surface area contributed by atoms with Gasteiger partial charge in [-0.25, -0.2) is 9.97 Å². The van der Waals surface area contributed by atoms with Gasteiger partial charge in [0.1, 0.15) is 0 Å². The molecule has 1 aliphatic heterocycles. The molecule has 2 aromatic heterocycles. The van der Waals surface area contributed by atoms with Gasteiger partial charge < -0.3 is 4.90 Å². The van der Waals surface area contributed by atoms with Crippen molar-refractivity contribution in [1.82, 2.24) is 14.5 Å². The topological polar surface area (TPSA) is 34.0 Å². The highest BCUT2D eigenvalue weighted by atomic mass is 15.2. The minimum absolute atomic E-state index is 0.0567. The molecule has 2 aliphatic carbocycles. The molecule has 0 radical (unpaired) electrons. The number of fused-ring (bicyclic) bond motifs is 9. The van der Waals surface area contributed by atoms with Crippen molar-refractivity contribution < 1.29 is 0 Å². The summed E-state index contributed by atoms with van der Waals surface area (Å²) in [5, 5.41) is 2.35. The van der Waals surface area contributed by atoms with Gasteiger partial charge in [-0.15, -0.1) is 0 Å². The molecule has 0 amide bonds. The number of para-hydroxylation sites is 1. The number of hydrogen-bond donors (Lipinski definition) is 0. The van der Waals surface area contributed by atoms with E-state index in [1.165, 1.54) is 61.1 Å². The van der Waals surface area contributed by atoms with Crippen LogP contribution in [0.3, 0.4) is 0 Å². The summed E-state index contributed by atoms with van der Waals surface area (Å²) >= 11 is 0. The van der Waals surface area contributed by atoms with Crippen LogP contribution in [0.15, 0.2) is 194 Å². The van der Waals surface area contributed by atoms with Crippen molar-refractivity contribution in [3.05, 3.63) is 211 Å². The van der Waals surface area contributed by atoms with Crippen LogP contribution >= 0.6 is 0 Å². The Morgan fingerprint density at radius 2 is 1.14 bits per heavy atom. The molecule has 59 heavy (non-hydrogen) atoms. The van der Waals surface area contributed by atoms with E-state index in [9.17, 15) is 0 Å². The molecule has 0 fully saturated rings. The number of nitrogens with zero attached hydrogens (tertiary/aromatic N) is 4. The number of rotatable bonds is 5. The van der Waals surface area contributed by atoms with Crippen LogP contribution in [0, 0.1) is 0 Å². The zero-order valence-electron chi connectivity index (χ0n) is 32.9. The monoisotopic (exact) mass is 756 g/mol. The van der Waals surface area contributed by atoms with Crippen LogP contribution in [0.25, 0.3) is 72.5 Å². The van der Waals surface area contributed by atoms with E-state index in [0.29, 0.717) is 5.95 Å². The van der Waals surface area contributed by atoms with Crippen molar-refractivity contribution in [1.29, 1.82) is 0 Å². The van der Waals surface area contributed by atoms with Gasteiger partial charge >= 0.3 is 0 Å². The van der Waals surface area contributed by atoms with E-state index in [-0.39, 0.29) is 17.4 Å². The van der Waals surface area contributed by atoms with Gasteiger partial charge in [0.05, 0.1) is 28.5 Å². The molecule has 0 saturated heterocycles. The normalized spacial score (nSPS) is 16.9. The minimum atomic E-state index is -0.0567. The van der Waals surface area contributed by atoms with Gasteiger partial charge in [-0.3, -0.25) is 4.57 Å². The molecule has 3 aliphatic rings. The predicted octanol–water partition coefficient (Wildman–Crippen LogP) is 13.6. The van der Waals surface area contributed by atoms with Crippen molar-refractivity contribution in [3.8, 4) is 50.7 Å². The lowest BCUT2D eigenvalue weighted by Crippen LogP contribution is -2.28. The van der Waals surface area contributed by atoms with E-state index in [0.717, 1.165) is 33.5 Å². The molecule has 4 nitrogen and oxygen atoms in total. The van der Waals surface area contributed by atoms with E-state index in [4.69, 9.17) is 9.97 Å². The van der Waals surface area contributed by atoms with Gasteiger partial charge in [0, 0.05) is 44.6 Å². The summed E-state index contributed by atoms with van der Waals surface area (Å²) in [6.45, 7) is 4.73. The second-order valence-electron chi connectivity index (χ2n) is 16.6. The van der Waals surface area contributed by atoms with Gasteiger partial charge in [-0.1, -0.05) is 159 Å². The third kappa shape index (κ3) is 5.16. The maximum Gasteiger partial charge on any atom is 0.235 e. The first kappa shape index (κ1) is 33.8. The second-order valence-corrected chi connectivity index (χ2v) is 16.6. The van der Waals surface area contributed by atoms with Crippen molar-refractivity contribution in [2.75, 3.05) is 4.90 Å². The number of anilines is 2. The fourth-order valence-electron chi connectivity index (χ4n) is 10.1. The van der Waals surface area contributed by atoms with Gasteiger partial charge in [-0.05, 0) is 87.5 Å². The van der Waals surface area contributed by atoms with Crippen molar-refractivity contribution >= 4 is 33.2 Å². The molecular weight excluding hydrogens is 717 g/mol. The Labute approximate surface area is 344 Å². The van der Waals surface area contributed by atoms with E-state index in [1.54, 1.807) is 0 Å². The SMILES string of the molecule is CC1(C)c2ccccc2-c2ccc(N3c4ccc(-c5ccc6c(c5)c5ccccc5n6-c5nc(-c6ccccc6)cc(-c6ccccc6)n5)cc4C4C=CC=CC43)cc21. The van der Waals surface area contributed by atoms with Gasteiger partial charge in [0.2, 0.25) is 5.95 Å². The summed E-state index contributed by atoms with van der Waals surface area (Å²) in [6, 6.07) is 61.7. The molecule has 0 N–H and O–H groups in total. The standard InChI is InChI=1S/C55H40N4/c1-55(2)46-22-12-9-19-40(46)41-28-27-39(33-47(41)55)58-50-23-13-10-20-42(50)44-31-37(25-29-52(44)58)38-26-30-53-45(32-38)43-21-11-14-24-51(43)59(53)54-56-48(35-15-5-3-6-16-35)34-49(57-54)36-17-7-4-8-18-36/h3-34,42,50H,1-2H3. The summed E-state index contributed by atoms with van der Waals surface area (Å²) in [5.74, 6) is 0.913. The van der Waals surface area contributed by atoms with Gasteiger partial charge in [0.15, 0.2) is 0 Å². The highest BCUT2D eigenvalue weighted by Crippen LogP contribution is 2.53. The number of allylic oxidation sites excluding steroid dienone is 2. The zero-order chi connectivity index (χ0) is 39.2. The van der Waals surface area contributed by atoms with Crippen LogP contribution in [-0.4, -0.2) is 20.6 Å². The third-order valence-corrected chi connectivity index (χ3v) is 13.0. The zero-order valence-corrected chi connectivity index (χ0v) is 32.9. The Hall–Kier alpha value is -7.30. The fraction of sp³-hybridized carbons (Fsp3) is 0.0909. The number of benzene rings is 7. The average Bonchev–Trinajstić information content (AvgIpc) is 3.89.